The maximum Gasteiger partial charge on any atom is 0.267 e. The van der Waals surface area contributed by atoms with Crippen molar-refractivity contribution in [1.82, 2.24) is 5.48 Å². The lowest BCUT2D eigenvalue weighted by atomic mass is 9.92. The molecule has 21 heavy (non-hydrogen) atoms. The number of aliphatic hydroxyl groups excluding tert-OH is 1. The lowest BCUT2D eigenvalue weighted by molar-refractivity contribution is -0.124. The minimum Gasteiger partial charge on any atom is -0.507 e. The van der Waals surface area contributed by atoms with Gasteiger partial charge in [0, 0.05) is 17.4 Å². The van der Waals surface area contributed by atoms with Crippen molar-refractivity contribution in [1.29, 1.82) is 0 Å². The van der Waals surface area contributed by atoms with Crippen LogP contribution in [0.5, 0.6) is 5.75 Å². The van der Waals surface area contributed by atoms with Crippen LogP contribution in [0.3, 0.4) is 0 Å². The SMILES string of the molecule is C[C@@H](/C=C/C(=O)NO)[C@H](O)c1ccc(O)c2ccccc12. The Morgan fingerprint density at radius 1 is 1.19 bits per heavy atom. The Morgan fingerprint density at radius 3 is 2.52 bits per heavy atom. The monoisotopic (exact) mass is 287 g/mol. The highest BCUT2D eigenvalue weighted by molar-refractivity contribution is 5.91. The minimum absolute atomic E-state index is 0.157. The topological polar surface area (TPSA) is 89.8 Å². The summed E-state index contributed by atoms with van der Waals surface area (Å²) in [6, 6.07) is 10.5. The molecule has 0 heterocycles. The number of carbonyl (C=O) groups excluding carboxylic acids is 1. The van der Waals surface area contributed by atoms with Gasteiger partial charge in [0.1, 0.15) is 5.75 Å². The lowest BCUT2D eigenvalue weighted by Crippen LogP contribution is -2.16. The van der Waals surface area contributed by atoms with Crippen LogP contribution >= 0.6 is 0 Å². The third-order valence-corrected chi connectivity index (χ3v) is 3.41. The van der Waals surface area contributed by atoms with E-state index in [1.165, 1.54) is 17.6 Å². The van der Waals surface area contributed by atoms with E-state index in [0.29, 0.717) is 10.9 Å². The van der Waals surface area contributed by atoms with E-state index in [-0.39, 0.29) is 11.7 Å². The van der Waals surface area contributed by atoms with Gasteiger partial charge < -0.3 is 10.2 Å². The molecule has 2 aromatic carbocycles. The van der Waals surface area contributed by atoms with E-state index < -0.39 is 12.0 Å². The van der Waals surface area contributed by atoms with E-state index in [1.807, 2.05) is 18.2 Å². The maximum absolute atomic E-state index is 11.0. The van der Waals surface area contributed by atoms with E-state index in [9.17, 15) is 15.0 Å². The summed E-state index contributed by atoms with van der Waals surface area (Å²) in [5.74, 6) is -0.829. The molecule has 0 fully saturated rings. The van der Waals surface area contributed by atoms with E-state index in [4.69, 9.17) is 5.21 Å². The van der Waals surface area contributed by atoms with Crippen LogP contribution in [0.25, 0.3) is 10.8 Å². The first-order chi connectivity index (χ1) is 10.0. The number of hydroxylamine groups is 1. The molecule has 0 radical (unpaired) electrons. The molecular formula is C16H17NO4. The molecule has 0 aliphatic rings. The zero-order valence-electron chi connectivity index (χ0n) is 11.5. The van der Waals surface area contributed by atoms with Gasteiger partial charge in [-0.15, -0.1) is 0 Å². The Balaban J connectivity index is 2.35. The Bertz CT molecular complexity index is 681. The first-order valence-electron chi connectivity index (χ1n) is 6.55. The Hall–Kier alpha value is -2.37. The van der Waals surface area contributed by atoms with Gasteiger partial charge in [0.15, 0.2) is 0 Å². The molecule has 0 aliphatic carbocycles. The maximum atomic E-state index is 11.0. The minimum atomic E-state index is -0.835. The van der Waals surface area contributed by atoms with Crippen molar-refractivity contribution < 1.29 is 20.2 Å². The van der Waals surface area contributed by atoms with Crippen molar-refractivity contribution in [3.05, 3.63) is 54.1 Å². The number of benzene rings is 2. The second kappa shape index (κ2) is 6.39. The molecule has 2 atom stereocenters. The van der Waals surface area contributed by atoms with Crippen LogP contribution in [0.2, 0.25) is 0 Å². The molecular weight excluding hydrogens is 270 g/mol. The van der Waals surface area contributed by atoms with Crippen LogP contribution in [0, 0.1) is 5.92 Å². The zero-order valence-corrected chi connectivity index (χ0v) is 11.5. The average Bonchev–Trinajstić information content (AvgIpc) is 2.52. The third kappa shape index (κ3) is 3.21. The summed E-state index contributed by atoms with van der Waals surface area (Å²) in [6.45, 7) is 1.76. The number of phenolic OH excluding ortho intramolecular Hbond substituents is 1. The van der Waals surface area contributed by atoms with E-state index in [2.05, 4.69) is 0 Å². The molecule has 0 unspecified atom stereocenters. The molecule has 1 amide bonds. The number of aliphatic hydroxyl groups is 1. The fourth-order valence-corrected chi connectivity index (χ4v) is 2.23. The molecule has 110 valence electrons. The van der Waals surface area contributed by atoms with Gasteiger partial charge in [0.25, 0.3) is 5.91 Å². The van der Waals surface area contributed by atoms with Gasteiger partial charge in [-0.25, -0.2) is 5.48 Å². The van der Waals surface area contributed by atoms with Gasteiger partial charge in [-0.1, -0.05) is 43.3 Å². The summed E-state index contributed by atoms with van der Waals surface area (Å²) in [6.07, 6.45) is 1.84. The highest BCUT2D eigenvalue weighted by atomic mass is 16.5. The van der Waals surface area contributed by atoms with Crippen LogP contribution in [0.1, 0.15) is 18.6 Å². The molecule has 5 nitrogen and oxygen atoms in total. The van der Waals surface area contributed by atoms with Crippen molar-refractivity contribution in [3.63, 3.8) is 0 Å². The summed E-state index contributed by atoms with van der Waals surface area (Å²) in [5, 5.41) is 30.1. The molecule has 0 aromatic heterocycles. The van der Waals surface area contributed by atoms with Gasteiger partial charge in [0.2, 0.25) is 0 Å². The summed E-state index contributed by atoms with van der Waals surface area (Å²) < 4.78 is 0. The average molecular weight is 287 g/mol. The number of rotatable bonds is 4. The molecule has 2 rings (SSSR count). The molecule has 0 spiro atoms. The highest BCUT2D eigenvalue weighted by Crippen LogP contribution is 2.33. The first-order valence-corrected chi connectivity index (χ1v) is 6.55. The third-order valence-electron chi connectivity index (χ3n) is 3.41. The number of aromatic hydroxyl groups is 1. The fraction of sp³-hybridized carbons (Fsp3) is 0.188. The number of hydrogen-bond donors (Lipinski definition) is 4. The molecule has 0 saturated carbocycles. The standard InChI is InChI=1S/C16H17NO4/c1-10(6-9-15(19)17-21)16(20)13-7-8-14(18)12-5-3-2-4-11(12)13/h2-10,16,18,20-21H,1H3,(H,17,19)/b9-6+/t10-,16-/m0/s1. The van der Waals surface area contributed by atoms with Crippen molar-refractivity contribution in [2.24, 2.45) is 5.92 Å². The smallest absolute Gasteiger partial charge is 0.267 e. The first kappa shape index (κ1) is 15.0. The van der Waals surface area contributed by atoms with Gasteiger partial charge in [-0.2, -0.15) is 0 Å². The largest absolute Gasteiger partial charge is 0.507 e. The van der Waals surface area contributed by atoms with Gasteiger partial charge >= 0.3 is 0 Å². The molecule has 2 aromatic rings. The Labute approximate surface area is 122 Å². The lowest BCUT2D eigenvalue weighted by Gasteiger charge is -2.18. The number of amides is 1. The molecule has 5 heteroatoms. The second-order valence-electron chi connectivity index (χ2n) is 4.86. The summed E-state index contributed by atoms with van der Waals surface area (Å²) in [4.78, 5) is 11.0. The number of phenols is 1. The van der Waals surface area contributed by atoms with E-state index >= 15 is 0 Å². The summed E-state index contributed by atoms with van der Waals surface area (Å²) in [7, 11) is 0. The van der Waals surface area contributed by atoms with Gasteiger partial charge in [-0.3, -0.25) is 10.0 Å². The van der Waals surface area contributed by atoms with Crippen LogP contribution in [0.15, 0.2) is 48.6 Å². The molecule has 0 saturated heterocycles. The quantitative estimate of drug-likeness (QED) is 0.394. The van der Waals surface area contributed by atoms with Crippen molar-refractivity contribution in [2.75, 3.05) is 0 Å². The number of fused-ring (bicyclic) bond motifs is 1. The summed E-state index contributed by atoms with van der Waals surface area (Å²) in [5.41, 5.74) is 2.17. The summed E-state index contributed by atoms with van der Waals surface area (Å²) >= 11 is 0. The van der Waals surface area contributed by atoms with Crippen molar-refractivity contribution >= 4 is 16.7 Å². The molecule has 4 N–H and O–H groups in total. The molecule has 0 aliphatic heterocycles. The Morgan fingerprint density at radius 2 is 1.86 bits per heavy atom. The van der Waals surface area contributed by atoms with Crippen molar-refractivity contribution in [3.8, 4) is 5.75 Å². The normalized spacial score (nSPS) is 14.2. The second-order valence-corrected chi connectivity index (χ2v) is 4.86. The number of nitrogens with one attached hydrogen (secondary N) is 1. The fourth-order valence-electron chi connectivity index (χ4n) is 2.23. The van der Waals surface area contributed by atoms with Crippen LogP contribution in [-0.2, 0) is 4.79 Å². The van der Waals surface area contributed by atoms with E-state index in [0.717, 1.165) is 11.5 Å². The Kier molecular flexibility index (Phi) is 4.57. The van der Waals surface area contributed by atoms with Crippen LogP contribution < -0.4 is 5.48 Å². The predicted molar refractivity (Wildman–Crippen MR) is 78.8 cm³/mol. The zero-order chi connectivity index (χ0) is 15.4. The molecule has 0 bridgehead atoms. The highest BCUT2D eigenvalue weighted by Gasteiger charge is 2.17. The number of carbonyl (C=O) groups is 1. The van der Waals surface area contributed by atoms with E-state index in [1.54, 1.807) is 19.1 Å². The predicted octanol–water partition coefficient (Wildman–Crippen LogP) is 2.28. The van der Waals surface area contributed by atoms with Crippen molar-refractivity contribution in [2.45, 2.75) is 13.0 Å². The number of hydrogen-bond acceptors (Lipinski definition) is 4. The van der Waals surface area contributed by atoms with Crippen LogP contribution in [-0.4, -0.2) is 21.3 Å². The van der Waals surface area contributed by atoms with Gasteiger partial charge in [-0.05, 0) is 17.0 Å². The van der Waals surface area contributed by atoms with Gasteiger partial charge in [0.05, 0.1) is 6.10 Å². The van der Waals surface area contributed by atoms with Crippen LogP contribution in [0.4, 0.5) is 0 Å².